The SMILES string of the molecule is Nc1ccc(Cl)c(SCc2ncno2)c1. The van der Waals surface area contributed by atoms with Gasteiger partial charge in [-0.15, -0.1) is 11.8 Å². The molecule has 2 N–H and O–H groups in total. The van der Waals surface area contributed by atoms with Crippen LogP contribution in [-0.4, -0.2) is 10.1 Å². The highest BCUT2D eigenvalue weighted by atomic mass is 35.5. The molecule has 1 aromatic heterocycles. The summed E-state index contributed by atoms with van der Waals surface area (Å²) in [6, 6.07) is 5.36. The van der Waals surface area contributed by atoms with Crippen molar-refractivity contribution in [1.29, 1.82) is 0 Å². The lowest BCUT2D eigenvalue weighted by molar-refractivity contribution is 0.390. The molecule has 78 valence electrons. The average Bonchev–Trinajstić information content (AvgIpc) is 2.72. The molecular weight excluding hydrogens is 234 g/mol. The molecule has 0 atom stereocenters. The number of anilines is 1. The van der Waals surface area contributed by atoms with Gasteiger partial charge in [-0.25, -0.2) is 0 Å². The third-order valence-electron chi connectivity index (χ3n) is 1.71. The van der Waals surface area contributed by atoms with Crippen LogP contribution in [0.4, 0.5) is 5.69 Å². The van der Waals surface area contributed by atoms with Crippen molar-refractivity contribution >= 4 is 29.1 Å². The van der Waals surface area contributed by atoms with Crippen LogP contribution in [0, 0.1) is 0 Å². The highest BCUT2D eigenvalue weighted by Gasteiger charge is 2.05. The molecule has 15 heavy (non-hydrogen) atoms. The zero-order chi connectivity index (χ0) is 10.7. The van der Waals surface area contributed by atoms with Gasteiger partial charge in [-0.3, -0.25) is 0 Å². The second-order valence-electron chi connectivity index (χ2n) is 2.81. The maximum absolute atomic E-state index is 5.99. The Morgan fingerprint density at radius 3 is 3.07 bits per heavy atom. The van der Waals surface area contributed by atoms with Crippen LogP contribution in [0.2, 0.25) is 5.02 Å². The largest absolute Gasteiger partial charge is 0.399 e. The molecule has 1 heterocycles. The van der Waals surface area contributed by atoms with E-state index in [1.807, 2.05) is 6.07 Å². The van der Waals surface area contributed by atoms with E-state index in [1.165, 1.54) is 18.1 Å². The summed E-state index contributed by atoms with van der Waals surface area (Å²) in [6.07, 6.45) is 1.37. The molecule has 0 unspecified atom stereocenters. The van der Waals surface area contributed by atoms with Gasteiger partial charge in [-0.2, -0.15) is 4.98 Å². The molecule has 0 aliphatic rings. The fourth-order valence-corrected chi connectivity index (χ4v) is 2.14. The van der Waals surface area contributed by atoms with E-state index in [4.69, 9.17) is 21.9 Å². The molecule has 0 saturated carbocycles. The van der Waals surface area contributed by atoms with Crippen molar-refractivity contribution in [2.45, 2.75) is 10.6 Å². The Morgan fingerprint density at radius 2 is 2.33 bits per heavy atom. The normalized spacial score (nSPS) is 10.5. The lowest BCUT2D eigenvalue weighted by Gasteiger charge is -2.02. The Morgan fingerprint density at radius 1 is 1.47 bits per heavy atom. The minimum atomic E-state index is 0.568. The fourth-order valence-electron chi connectivity index (χ4n) is 1.03. The van der Waals surface area contributed by atoms with Crippen LogP contribution in [0.1, 0.15) is 5.89 Å². The highest BCUT2D eigenvalue weighted by molar-refractivity contribution is 7.98. The van der Waals surface area contributed by atoms with Crippen LogP contribution in [-0.2, 0) is 5.75 Å². The zero-order valence-corrected chi connectivity index (χ0v) is 9.26. The zero-order valence-electron chi connectivity index (χ0n) is 7.68. The number of hydrogen-bond donors (Lipinski definition) is 1. The predicted molar refractivity (Wildman–Crippen MR) is 59.7 cm³/mol. The van der Waals surface area contributed by atoms with E-state index in [0.717, 1.165) is 4.90 Å². The number of nitrogen functional groups attached to an aromatic ring is 1. The van der Waals surface area contributed by atoms with E-state index in [2.05, 4.69) is 10.1 Å². The lowest BCUT2D eigenvalue weighted by Crippen LogP contribution is -1.86. The molecule has 6 heteroatoms. The molecule has 1 aromatic carbocycles. The Bertz CT molecular complexity index is 447. The Hall–Kier alpha value is -1.20. The topological polar surface area (TPSA) is 64.9 Å². The molecule has 0 spiro atoms. The van der Waals surface area contributed by atoms with Gasteiger partial charge in [0.1, 0.15) is 0 Å². The van der Waals surface area contributed by atoms with Crippen LogP contribution in [0.3, 0.4) is 0 Å². The quantitative estimate of drug-likeness (QED) is 0.661. The Labute approximate surface area is 95.8 Å². The van der Waals surface area contributed by atoms with Crippen molar-refractivity contribution in [2.24, 2.45) is 0 Å². The van der Waals surface area contributed by atoms with E-state index < -0.39 is 0 Å². The summed E-state index contributed by atoms with van der Waals surface area (Å²) in [7, 11) is 0. The molecule has 0 radical (unpaired) electrons. The molecule has 0 bridgehead atoms. The summed E-state index contributed by atoms with van der Waals surface area (Å²) >= 11 is 7.50. The van der Waals surface area contributed by atoms with Gasteiger partial charge in [0.2, 0.25) is 5.89 Å². The predicted octanol–water partition coefficient (Wildman–Crippen LogP) is 2.60. The molecule has 2 aromatic rings. The van der Waals surface area contributed by atoms with E-state index in [-0.39, 0.29) is 0 Å². The second kappa shape index (κ2) is 4.55. The maximum atomic E-state index is 5.99. The maximum Gasteiger partial charge on any atom is 0.236 e. The molecule has 0 fully saturated rings. The van der Waals surface area contributed by atoms with Gasteiger partial charge in [0.25, 0.3) is 0 Å². The monoisotopic (exact) mass is 241 g/mol. The van der Waals surface area contributed by atoms with E-state index in [0.29, 0.717) is 22.4 Å². The van der Waals surface area contributed by atoms with Gasteiger partial charge in [0.05, 0.1) is 10.8 Å². The molecule has 4 nitrogen and oxygen atoms in total. The first-order chi connectivity index (χ1) is 7.25. The highest BCUT2D eigenvalue weighted by Crippen LogP contribution is 2.30. The summed E-state index contributed by atoms with van der Waals surface area (Å²) in [5, 5.41) is 4.19. The summed E-state index contributed by atoms with van der Waals surface area (Å²) < 4.78 is 4.87. The number of nitrogens with two attached hydrogens (primary N) is 1. The molecule has 0 saturated heterocycles. The van der Waals surface area contributed by atoms with Gasteiger partial charge in [0.15, 0.2) is 6.33 Å². The van der Waals surface area contributed by atoms with Crippen LogP contribution < -0.4 is 5.73 Å². The first kappa shape index (κ1) is 10.3. The minimum Gasteiger partial charge on any atom is -0.399 e. The van der Waals surface area contributed by atoms with E-state index >= 15 is 0 Å². The number of benzene rings is 1. The van der Waals surface area contributed by atoms with Gasteiger partial charge in [-0.1, -0.05) is 16.8 Å². The molecule has 0 aliphatic carbocycles. The molecule has 0 amide bonds. The number of halogens is 1. The average molecular weight is 242 g/mol. The molecule has 0 aliphatic heterocycles. The minimum absolute atomic E-state index is 0.568. The van der Waals surface area contributed by atoms with Crippen molar-refractivity contribution in [1.82, 2.24) is 10.1 Å². The van der Waals surface area contributed by atoms with Gasteiger partial charge < -0.3 is 10.3 Å². The van der Waals surface area contributed by atoms with E-state index in [9.17, 15) is 0 Å². The fraction of sp³-hybridized carbons (Fsp3) is 0.111. The lowest BCUT2D eigenvalue weighted by atomic mass is 10.3. The smallest absolute Gasteiger partial charge is 0.236 e. The summed E-state index contributed by atoms with van der Waals surface area (Å²) in [5.41, 5.74) is 6.34. The van der Waals surface area contributed by atoms with E-state index in [1.54, 1.807) is 12.1 Å². The number of rotatable bonds is 3. The standard InChI is InChI=1S/C9H8ClN3OS/c10-7-2-1-6(11)3-8(7)15-4-9-12-5-13-14-9/h1-3,5H,4,11H2. The second-order valence-corrected chi connectivity index (χ2v) is 4.24. The first-order valence-corrected chi connectivity index (χ1v) is 5.55. The van der Waals surface area contributed by atoms with Crippen LogP contribution >= 0.6 is 23.4 Å². The Kier molecular flexibility index (Phi) is 3.13. The van der Waals surface area contributed by atoms with Crippen molar-refractivity contribution in [3.05, 3.63) is 35.4 Å². The summed E-state index contributed by atoms with van der Waals surface area (Å²) in [4.78, 5) is 4.82. The van der Waals surface area contributed by atoms with Crippen molar-refractivity contribution in [3.63, 3.8) is 0 Å². The first-order valence-electron chi connectivity index (χ1n) is 4.19. The van der Waals surface area contributed by atoms with Crippen molar-refractivity contribution in [3.8, 4) is 0 Å². The third kappa shape index (κ3) is 2.64. The Balaban J connectivity index is 2.07. The van der Waals surface area contributed by atoms with Gasteiger partial charge in [0, 0.05) is 10.6 Å². The number of aromatic nitrogens is 2. The van der Waals surface area contributed by atoms with Crippen LogP contribution in [0.25, 0.3) is 0 Å². The van der Waals surface area contributed by atoms with Crippen LogP contribution in [0.15, 0.2) is 33.9 Å². The number of hydrogen-bond acceptors (Lipinski definition) is 5. The van der Waals surface area contributed by atoms with Crippen LogP contribution in [0.5, 0.6) is 0 Å². The van der Waals surface area contributed by atoms with Gasteiger partial charge in [-0.05, 0) is 18.2 Å². The van der Waals surface area contributed by atoms with Crippen molar-refractivity contribution < 1.29 is 4.52 Å². The summed E-state index contributed by atoms with van der Waals surface area (Å²) in [5.74, 6) is 1.15. The molecular formula is C9H8ClN3OS. The molecule has 2 rings (SSSR count). The number of nitrogens with zero attached hydrogens (tertiary/aromatic N) is 2. The number of thioether (sulfide) groups is 1. The third-order valence-corrected chi connectivity index (χ3v) is 3.20. The summed E-state index contributed by atoms with van der Waals surface area (Å²) in [6.45, 7) is 0. The van der Waals surface area contributed by atoms with Gasteiger partial charge >= 0.3 is 0 Å². The van der Waals surface area contributed by atoms with Crippen molar-refractivity contribution in [2.75, 3.05) is 5.73 Å².